The van der Waals surface area contributed by atoms with E-state index in [1.807, 2.05) is 0 Å². The minimum absolute atomic E-state index is 0.115. The maximum absolute atomic E-state index is 13.1. The minimum Gasteiger partial charge on any atom is -0.421 e. The SMILES string of the molecule is CC(C)(C)NCCCc1nnc(-c2ccc(F)cc2I)o1. The molecular formula is C15H19FIN3O. The summed E-state index contributed by atoms with van der Waals surface area (Å²) in [6.07, 6.45) is 1.66. The van der Waals surface area contributed by atoms with Crippen molar-refractivity contribution in [2.24, 2.45) is 0 Å². The molecular weight excluding hydrogens is 384 g/mol. The molecule has 0 spiro atoms. The zero-order valence-electron chi connectivity index (χ0n) is 12.4. The van der Waals surface area contributed by atoms with E-state index >= 15 is 0 Å². The number of nitrogens with one attached hydrogen (secondary N) is 1. The van der Waals surface area contributed by atoms with E-state index in [1.54, 1.807) is 6.07 Å². The Hall–Kier alpha value is -1.02. The van der Waals surface area contributed by atoms with Crippen molar-refractivity contribution < 1.29 is 8.81 Å². The third-order valence-corrected chi connectivity index (χ3v) is 3.74. The van der Waals surface area contributed by atoms with Gasteiger partial charge in [0, 0.05) is 15.5 Å². The average Bonchev–Trinajstić information content (AvgIpc) is 2.82. The Bertz CT molecular complexity index is 607. The summed E-state index contributed by atoms with van der Waals surface area (Å²) in [6, 6.07) is 4.51. The molecule has 1 heterocycles. The molecule has 2 aromatic rings. The third kappa shape index (κ3) is 5.03. The highest BCUT2D eigenvalue weighted by Crippen LogP contribution is 2.25. The fourth-order valence-electron chi connectivity index (χ4n) is 1.83. The van der Waals surface area contributed by atoms with Gasteiger partial charge < -0.3 is 9.73 Å². The fraction of sp³-hybridized carbons (Fsp3) is 0.467. The van der Waals surface area contributed by atoms with E-state index in [9.17, 15) is 4.39 Å². The van der Waals surface area contributed by atoms with Crippen molar-refractivity contribution in [1.29, 1.82) is 0 Å². The summed E-state index contributed by atoms with van der Waals surface area (Å²) in [5, 5.41) is 11.5. The molecule has 0 atom stereocenters. The molecule has 0 bridgehead atoms. The average molecular weight is 403 g/mol. The summed E-state index contributed by atoms with van der Waals surface area (Å²) < 4.78 is 19.5. The Morgan fingerprint density at radius 3 is 2.71 bits per heavy atom. The van der Waals surface area contributed by atoms with Crippen LogP contribution in [0.25, 0.3) is 11.5 Å². The van der Waals surface area contributed by atoms with Crippen molar-refractivity contribution in [3.63, 3.8) is 0 Å². The Morgan fingerprint density at radius 1 is 1.29 bits per heavy atom. The van der Waals surface area contributed by atoms with Crippen LogP contribution in [-0.4, -0.2) is 22.3 Å². The number of rotatable bonds is 5. The second-order valence-electron chi connectivity index (χ2n) is 5.91. The second kappa shape index (κ2) is 6.83. The summed E-state index contributed by atoms with van der Waals surface area (Å²) in [5.74, 6) is 0.787. The second-order valence-corrected chi connectivity index (χ2v) is 7.07. The predicted octanol–water partition coefficient (Wildman–Crippen LogP) is 3.80. The van der Waals surface area contributed by atoms with Gasteiger partial charge in [0.25, 0.3) is 0 Å². The van der Waals surface area contributed by atoms with Crippen molar-refractivity contribution in [1.82, 2.24) is 15.5 Å². The Morgan fingerprint density at radius 2 is 2.05 bits per heavy atom. The van der Waals surface area contributed by atoms with E-state index in [1.165, 1.54) is 12.1 Å². The summed E-state index contributed by atoms with van der Waals surface area (Å²) >= 11 is 2.06. The van der Waals surface area contributed by atoms with E-state index in [2.05, 4.69) is 58.9 Å². The van der Waals surface area contributed by atoms with Crippen LogP contribution in [0.1, 0.15) is 33.1 Å². The van der Waals surface area contributed by atoms with Crippen molar-refractivity contribution in [3.05, 3.63) is 33.5 Å². The standard InChI is InChI=1S/C15H19FIN3O/c1-15(2,3)18-8-4-5-13-19-20-14(21-13)11-7-6-10(16)9-12(11)17/h6-7,9,18H,4-5,8H2,1-3H3. The van der Waals surface area contributed by atoms with Gasteiger partial charge in [-0.3, -0.25) is 0 Å². The van der Waals surface area contributed by atoms with Crippen LogP contribution in [0.5, 0.6) is 0 Å². The number of nitrogens with zero attached hydrogens (tertiary/aromatic N) is 2. The first-order chi connectivity index (χ1) is 9.85. The van der Waals surface area contributed by atoms with Crippen LogP contribution in [0.4, 0.5) is 4.39 Å². The molecule has 1 N–H and O–H groups in total. The third-order valence-electron chi connectivity index (χ3n) is 2.85. The summed E-state index contributed by atoms with van der Waals surface area (Å²) in [6.45, 7) is 7.30. The van der Waals surface area contributed by atoms with Crippen LogP contribution in [0.2, 0.25) is 0 Å². The van der Waals surface area contributed by atoms with E-state index in [-0.39, 0.29) is 11.4 Å². The summed E-state index contributed by atoms with van der Waals surface area (Å²) in [5.41, 5.74) is 0.882. The molecule has 6 heteroatoms. The van der Waals surface area contributed by atoms with Crippen LogP contribution >= 0.6 is 22.6 Å². The zero-order valence-corrected chi connectivity index (χ0v) is 14.6. The van der Waals surface area contributed by atoms with Gasteiger partial charge in [0.2, 0.25) is 11.8 Å². The molecule has 0 aliphatic heterocycles. The minimum atomic E-state index is -0.267. The van der Waals surface area contributed by atoms with Gasteiger partial charge in [0.15, 0.2) is 0 Å². The fourth-order valence-corrected chi connectivity index (χ4v) is 2.54. The number of aryl methyl sites for hydroxylation is 1. The number of hydrogen-bond acceptors (Lipinski definition) is 4. The van der Waals surface area contributed by atoms with Gasteiger partial charge in [0.1, 0.15) is 5.82 Å². The highest BCUT2D eigenvalue weighted by molar-refractivity contribution is 14.1. The summed E-state index contributed by atoms with van der Waals surface area (Å²) in [4.78, 5) is 0. The quantitative estimate of drug-likeness (QED) is 0.610. The van der Waals surface area contributed by atoms with E-state index in [0.717, 1.165) is 28.5 Å². The lowest BCUT2D eigenvalue weighted by atomic mass is 10.1. The number of benzene rings is 1. The van der Waals surface area contributed by atoms with Gasteiger partial charge in [-0.05, 0) is 74.5 Å². The maximum Gasteiger partial charge on any atom is 0.248 e. The van der Waals surface area contributed by atoms with E-state index in [0.29, 0.717) is 11.8 Å². The normalized spacial score (nSPS) is 11.9. The number of hydrogen-bond donors (Lipinski definition) is 1. The van der Waals surface area contributed by atoms with Crippen LogP contribution < -0.4 is 5.32 Å². The van der Waals surface area contributed by atoms with Crippen LogP contribution in [-0.2, 0) is 6.42 Å². The molecule has 1 aromatic heterocycles. The molecule has 114 valence electrons. The van der Waals surface area contributed by atoms with Crippen molar-refractivity contribution in [3.8, 4) is 11.5 Å². The first-order valence-corrected chi connectivity index (χ1v) is 7.96. The van der Waals surface area contributed by atoms with Gasteiger partial charge in [-0.2, -0.15) is 0 Å². The number of halogens is 2. The Kier molecular flexibility index (Phi) is 5.32. The van der Waals surface area contributed by atoms with Crippen LogP contribution in [0, 0.1) is 9.39 Å². The smallest absolute Gasteiger partial charge is 0.248 e. The lowest BCUT2D eigenvalue weighted by Crippen LogP contribution is -2.36. The number of aromatic nitrogens is 2. The highest BCUT2D eigenvalue weighted by atomic mass is 127. The maximum atomic E-state index is 13.1. The highest BCUT2D eigenvalue weighted by Gasteiger charge is 2.13. The Labute approximate surface area is 137 Å². The van der Waals surface area contributed by atoms with E-state index in [4.69, 9.17) is 4.42 Å². The lowest BCUT2D eigenvalue weighted by Gasteiger charge is -2.19. The Balaban J connectivity index is 1.95. The van der Waals surface area contributed by atoms with Crippen LogP contribution in [0.15, 0.2) is 22.6 Å². The van der Waals surface area contributed by atoms with Gasteiger partial charge in [0.05, 0.1) is 5.56 Å². The molecule has 0 unspecified atom stereocenters. The topological polar surface area (TPSA) is 51.0 Å². The lowest BCUT2D eigenvalue weighted by molar-refractivity contribution is 0.412. The molecule has 0 aliphatic rings. The molecule has 2 rings (SSSR count). The molecule has 0 amide bonds. The molecule has 0 radical (unpaired) electrons. The molecule has 0 saturated carbocycles. The summed E-state index contributed by atoms with van der Waals surface area (Å²) in [7, 11) is 0. The molecule has 4 nitrogen and oxygen atoms in total. The molecule has 21 heavy (non-hydrogen) atoms. The largest absolute Gasteiger partial charge is 0.421 e. The first kappa shape index (κ1) is 16.4. The molecule has 1 aromatic carbocycles. The molecule has 0 saturated heterocycles. The first-order valence-electron chi connectivity index (χ1n) is 6.88. The molecule has 0 aliphatic carbocycles. The van der Waals surface area contributed by atoms with Crippen LogP contribution in [0.3, 0.4) is 0 Å². The van der Waals surface area contributed by atoms with Gasteiger partial charge in [-0.15, -0.1) is 10.2 Å². The van der Waals surface area contributed by atoms with Gasteiger partial charge >= 0.3 is 0 Å². The van der Waals surface area contributed by atoms with Gasteiger partial charge in [-0.25, -0.2) is 4.39 Å². The van der Waals surface area contributed by atoms with Gasteiger partial charge in [-0.1, -0.05) is 0 Å². The van der Waals surface area contributed by atoms with Crippen molar-refractivity contribution in [2.75, 3.05) is 6.54 Å². The monoisotopic (exact) mass is 403 g/mol. The molecule has 0 fully saturated rings. The zero-order chi connectivity index (χ0) is 15.5. The predicted molar refractivity (Wildman–Crippen MR) is 88.5 cm³/mol. The van der Waals surface area contributed by atoms with E-state index < -0.39 is 0 Å². The van der Waals surface area contributed by atoms with Crippen molar-refractivity contribution >= 4 is 22.6 Å². The van der Waals surface area contributed by atoms with Crippen molar-refractivity contribution in [2.45, 2.75) is 39.2 Å².